The number of methoxy groups -OCH3 is 1. The average molecular weight is 447 g/mol. The lowest BCUT2D eigenvalue weighted by atomic mass is 10.1. The highest BCUT2D eigenvalue weighted by atomic mass is 32.2. The maximum Gasteiger partial charge on any atom is 0.283 e. The summed E-state index contributed by atoms with van der Waals surface area (Å²) in [6.07, 6.45) is 1.25. The Labute approximate surface area is 184 Å². The summed E-state index contributed by atoms with van der Waals surface area (Å²) in [5, 5.41) is 0. The van der Waals surface area contributed by atoms with E-state index >= 15 is 0 Å². The van der Waals surface area contributed by atoms with Crippen molar-refractivity contribution in [2.24, 2.45) is 5.92 Å². The summed E-state index contributed by atoms with van der Waals surface area (Å²) in [5.74, 6) is 0.401. The number of carbonyl (C=O) groups excluding carboxylic acids is 2. The number of nitrogens with zero attached hydrogens (tertiary/aromatic N) is 2. The van der Waals surface area contributed by atoms with Gasteiger partial charge in [0, 0.05) is 13.1 Å². The Kier molecular flexibility index (Phi) is 8.91. The number of carbonyl (C=O) groups is 2. The standard InChI is InChI=1S/C23H30N2O5S/c1-18(2)23(17-27)25(15-20-8-6-5-7-9-20)31(28,29)24(19(3)16-26)14-21-10-12-22(30-4)13-11-21/h5-13,16-19,23H,14-15H2,1-4H3/t19-,23-/m1/s1. The van der Waals surface area contributed by atoms with E-state index in [0.29, 0.717) is 23.9 Å². The van der Waals surface area contributed by atoms with Crippen LogP contribution in [0.5, 0.6) is 5.75 Å². The molecule has 0 amide bonds. The fourth-order valence-corrected chi connectivity index (χ4v) is 5.18. The van der Waals surface area contributed by atoms with Crippen LogP contribution in [-0.4, -0.2) is 48.8 Å². The monoisotopic (exact) mass is 446 g/mol. The van der Waals surface area contributed by atoms with Gasteiger partial charge in [-0.3, -0.25) is 0 Å². The van der Waals surface area contributed by atoms with Gasteiger partial charge in [-0.15, -0.1) is 0 Å². The summed E-state index contributed by atoms with van der Waals surface area (Å²) in [7, 11) is -2.62. The molecule has 0 fully saturated rings. The molecule has 0 saturated heterocycles. The van der Waals surface area contributed by atoms with Crippen LogP contribution in [0.3, 0.4) is 0 Å². The highest BCUT2D eigenvalue weighted by Gasteiger charge is 2.38. The van der Waals surface area contributed by atoms with Crippen molar-refractivity contribution in [1.82, 2.24) is 8.61 Å². The molecule has 0 unspecified atom stereocenters. The molecule has 0 aliphatic heterocycles. The third-order valence-electron chi connectivity index (χ3n) is 5.08. The largest absolute Gasteiger partial charge is 0.497 e. The summed E-state index contributed by atoms with van der Waals surface area (Å²) >= 11 is 0. The number of aldehydes is 2. The zero-order valence-electron chi connectivity index (χ0n) is 18.3. The van der Waals surface area contributed by atoms with Crippen molar-refractivity contribution in [3.8, 4) is 5.75 Å². The van der Waals surface area contributed by atoms with Crippen molar-refractivity contribution in [2.75, 3.05) is 7.11 Å². The van der Waals surface area contributed by atoms with E-state index < -0.39 is 22.3 Å². The van der Waals surface area contributed by atoms with Crippen molar-refractivity contribution >= 4 is 22.8 Å². The average Bonchev–Trinajstić information content (AvgIpc) is 2.77. The quantitative estimate of drug-likeness (QED) is 0.468. The minimum Gasteiger partial charge on any atom is -0.497 e. The van der Waals surface area contributed by atoms with Crippen LogP contribution in [0.2, 0.25) is 0 Å². The first-order chi connectivity index (χ1) is 14.7. The molecule has 0 bridgehead atoms. The van der Waals surface area contributed by atoms with Crippen LogP contribution in [0.15, 0.2) is 54.6 Å². The number of hydrogen-bond acceptors (Lipinski definition) is 5. The molecular weight excluding hydrogens is 416 g/mol. The predicted octanol–water partition coefficient (Wildman–Crippen LogP) is 3.06. The van der Waals surface area contributed by atoms with E-state index in [9.17, 15) is 18.0 Å². The van der Waals surface area contributed by atoms with Crippen LogP contribution in [0.4, 0.5) is 0 Å². The molecule has 0 spiro atoms. The van der Waals surface area contributed by atoms with Gasteiger partial charge in [0.05, 0.1) is 19.2 Å². The number of hydrogen-bond donors (Lipinski definition) is 0. The molecule has 31 heavy (non-hydrogen) atoms. The number of rotatable bonds is 12. The number of benzene rings is 2. The molecule has 2 aromatic rings. The topological polar surface area (TPSA) is 84.0 Å². The molecule has 7 nitrogen and oxygen atoms in total. The Morgan fingerprint density at radius 1 is 0.839 bits per heavy atom. The highest BCUT2D eigenvalue weighted by molar-refractivity contribution is 7.86. The molecule has 0 aliphatic carbocycles. The Morgan fingerprint density at radius 3 is 1.87 bits per heavy atom. The highest BCUT2D eigenvalue weighted by Crippen LogP contribution is 2.24. The molecule has 0 heterocycles. The van der Waals surface area contributed by atoms with Crippen molar-refractivity contribution in [3.63, 3.8) is 0 Å². The van der Waals surface area contributed by atoms with Gasteiger partial charge in [-0.2, -0.15) is 17.0 Å². The molecule has 2 aromatic carbocycles. The van der Waals surface area contributed by atoms with Crippen LogP contribution < -0.4 is 4.74 Å². The van der Waals surface area contributed by atoms with Gasteiger partial charge in [-0.1, -0.05) is 56.3 Å². The van der Waals surface area contributed by atoms with Crippen LogP contribution >= 0.6 is 0 Å². The van der Waals surface area contributed by atoms with E-state index in [2.05, 4.69) is 0 Å². The zero-order valence-corrected chi connectivity index (χ0v) is 19.2. The van der Waals surface area contributed by atoms with Gasteiger partial charge in [0.2, 0.25) is 0 Å². The van der Waals surface area contributed by atoms with Gasteiger partial charge >= 0.3 is 0 Å². The maximum atomic E-state index is 13.8. The first-order valence-electron chi connectivity index (χ1n) is 10.1. The third kappa shape index (κ3) is 6.22. The summed E-state index contributed by atoms with van der Waals surface area (Å²) in [6, 6.07) is 14.3. The molecule has 8 heteroatoms. The van der Waals surface area contributed by atoms with E-state index in [1.54, 1.807) is 45.2 Å². The number of ether oxygens (including phenoxy) is 1. The molecule has 2 atom stereocenters. The predicted molar refractivity (Wildman–Crippen MR) is 120 cm³/mol. The van der Waals surface area contributed by atoms with E-state index in [0.717, 1.165) is 9.87 Å². The van der Waals surface area contributed by atoms with E-state index in [1.807, 2.05) is 30.3 Å². The molecule has 168 valence electrons. The molecule has 0 radical (unpaired) electrons. The lowest BCUT2D eigenvalue weighted by molar-refractivity contribution is -0.112. The Bertz CT molecular complexity index is 946. The van der Waals surface area contributed by atoms with Crippen molar-refractivity contribution in [3.05, 3.63) is 65.7 Å². The smallest absolute Gasteiger partial charge is 0.283 e. The molecule has 0 aromatic heterocycles. The van der Waals surface area contributed by atoms with Crippen molar-refractivity contribution in [1.29, 1.82) is 0 Å². The second-order valence-electron chi connectivity index (χ2n) is 7.68. The first-order valence-corrected chi connectivity index (χ1v) is 11.5. The normalized spacial score (nSPS) is 13.9. The SMILES string of the molecule is COc1ccc(CN([C@H](C)C=O)S(=O)(=O)N(Cc2ccccc2)[C@H](C=O)C(C)C)cc1. The van der Waals surface area contributed by atoms with Crippen LogP contribution in [-0.2, 0) is 32.9 Å². The van der Waals surface area contributed by atoms with Crippen LogP contribution in [0, 0.1) is 5.92 Å². The lowest BCUT2D eigenvalue weighted by Gasteiger charge is -2.36. The van der Waals surface area contributed by atoms with Crippen LogP contribution in [0.1, 0.15) is 31.9 Å². The van der Waals surface area contributed by atoms with E-state index in [1.165, 1.54) is 11.2 Å². The minimum absolute atomic E-state index is 0.0127. The van der Waals surface area contributed by atoms with Gasteiger partial charge in [0.15, 0.2) is 0 Å². The first kappa shape index (κ1) is 24.7. The summed E-state index contributed by atoms with van der Waals surface area (Å²) in [5.41, 5.74) is 1.45. The molecule has 0 N–H and O–H groups in total. The van der Waals surface area contributed by atoms with Gasteiger partial charge < -0.3 is 14.3 Å². The van der Waals surface area contributed by atoms with Crippen molar-refractivity contribution < 1.29 is 22.7 Å². The second kappa shape index (κ2) is 11.2. The van der Waals surface area contributed by atoms with Gasteiger partial charge in [-0.25, -0.2) is 0 Å². The second-order valence-corrected chi connectivity index (χ2v) is 9.51. The van der Waals surface area contributed by atoms with Gasteiger partial charge in [-0.05, 0) is 36.1 Å². The van der Waals surface area contributed by atoms with E-state index in [4.69, 9.17) is 4.74 Å². The fraction of sp³-hybridized carbons (Fsp3) is 0.391. The zero-order chi connectivity index (χ0) is 23.0. The van der Waals surface area contributed by atoms with Crippen LogP contribution in [0.25, 0.3) is 0 Å². The third-order valence-corrected chi connectivity index (χ3v) is 7.10. The van der Waals surface area contributed by atoms with Gasteiger partial charge in [0.1, 0.15) is 18.3 Å². The maximum absolute atomic E-state index is 13.8. The van der Waals surface area contributed by atoms with E-state index in [-0.39, 0.29) is 19.0 Å². The molecule has 2 rings (SSSR count). The Hall–Kier alpha value is -2.55. The minimum atomic E-state index is -4.17. The summed E-state index contributed by atoms with van der Waals surface area (Å²) in [6.45, 7) is 5.13. The van der Waals surface area contributed by atoms with Crippen molar-refractivity contribution in [2.45, 2.75) is 45.9 Å². The fourth-order valence-electron chi connectivity index (χ4n) is 3.21. The van der Waals surface area contributed by atoms with Gasteiger partial charge in [0.25, 0.3) is 10.2 Å². The summed E-state index contributed by atoms with van der Waals surface area (Å²) < 4.78 is 35.0. The molecular formula is C23H30N2O5S. The lowest BCUT2D eigenvalue weighted by Crippen LogP contribution is -2.53. The Balaban J connectivity index is 2.48. The molecule has 0 aliphatic rings. The Morgan fingerprint density at radius 2 is 1.39 bits per heavy atom. The summed E-state index contributed by atoms with van der Waals surface area (Å²) in [4.78, 5) is 23.5. The molecule has 0 saturated carbocycles.